The number of amides is 1. The summed E-state index contributed by atoms with van der Waals surface area (Å²) in [5.41, 5.74) is 1.87. The van der Waals surface area contributed by atoms with E-state index in [-0.39, 0.29) is 12.5 Å². The Hall–Kier alpha value is -2.64. The Labute approximate surface area is 264 Å². The Morgan fingerprint density at radius 1 is 0.841 bits per heavy atom. The first-order chi connectivity index (χ1) is 21.3. The number of carbonyl (C=O) groups excluding carboxylic acids is 1. The molecule has 0 aliphatic carbocycles. The average Bonchev–Trinajstić information content (AvgIpc) is 3.01. The maximum Gasteiger partial charge on any atom is 0.469 e. The first-order valence-electron chi connectivity index (χ1n) is 16.3. The van der Waals surface area contributed by atoms with E-state index >= 15 is 0 Å². The van der Waals surface area contributed by atoms with Crippen LogP contribution < -0.4 is 14.8 Å². The minimum absolute atomic E-state index is 0.139. The number of hydrogen-bond acceptors (Lipinski definition) is 5. The van der Waals surface area contributed by atoms with E-state index in [1.165, 1.54) is 51.4 Å². The molecule has 1 amide bonds. The molecule has 0 spiro atoms. The van der Waals surface area contributed by atoms with Gasteiger partial charge in [-0.25, -0.2) is 4.57 Å². The van der Waals surface area contributed by atoms with Gasteiger partial charge in [0, 0.05) is 6.42 Å². The lowest BCUT2D eigenvalue weighted by Crippen LogP contribution is -2.39. The van der Waals surface area contributed by atoms with E-state index < -0.39 is 13.9 Å². The van der Waals surface area contributed by atoms with Gasteiger partial charge in [0.15, 0.2) is 0 Å². The Kier molecular flexibility index (Phi) is 19.5. The highest BCUT2D eigenvalue weighted by Gasteiger charge is 2.20. The molecule has 0 aromatic heterocycles. The van der Waals surface area contributed by atoms with E-state index in [1.54, 1.807) is 7.11 Å². The van der Waals surface area contributed by atoms with Crippen LogP contribution in [0.1, 0.15) is 108 Å². The normalized spacial score (nSPS) is 12.4. The largest absolute Gasteiger partial charge is 0.497 e. The monoisotopic (exact) mass is 631 g/mol. The molecule has 3 N–H and O–H groups in total. The minimum Gasteiger partial charge on any atom is -0.497 e. The fourth-order valence-electron chi connectivity index (χ4n) is 4.93. The minimum atomic E-state index is -4.66. The fraction of sp³-hybridized carbons (Fsp3) is 0.571. The Morgan fingerprint density at radius 3 is 2.11 bits per heavy atom. The lowest BCUT2D eigenvalue weighted by molar-refractivity contribution is -0.122. The second-order valence-corrected chi connectivity index (χ2v) is 12.6. The summed E-state index contributed by atoms with van der Waals surface area (Å²) in [5, 5.41) is 2.90. The maximum absolute atomic E-state index is 12.6. The van der Waals surface area contributed by atoms with Crippen molar-refractivity contribution in [2.45, 2.75) is 116 Å². The first-order valence-corrected chi connectivity index (χ1v) is 17.8. The molecule has 0 heterocycles. The number of rotatable bonds is 25. The third-order valence-electron chi connectivity index (χ3n) is 7.42. The van der Waals surface area contributed by atoms with Crippen molar-refractivity contribution in [3.63, 3.8) is 0 Å². The van der Waals surface area contributed by atoms with Gasteiger partial charge in [-0.15, -0.1) is 0 Å². The topological polar surface area (TPSA) is 114 Å². The van der Waals surface area contributed by atoms with Crippen LogP contribution in [-0.4, -0.2) is 35.5 Å². The van der Waals surface area contributed by atoms with E-state index in [0.717, 1.165) is 49.0 Å². The molecule has 8 nitrogen and oxygen atoms in total. The lowest BCUT2D eigenvalue weighted by Gasteiger charge is -2.19. The van der Waals surface area contributed by atoms with E-state index in [1.807, 2.05) is 48.5 Å². The predicted molar refractivity (Wildman–Crippen MR) is 177 cm³/mol. The lowest BCUT2D eigenvalue weighted by atomic mass is 10.1. The first kappa shape index (κ1) is 37.5. The van der Waals surface area contributed by atoms with Gasteiger partial charge in [0.25, 0.3) is 0 Å². The van der Waals surface area contributed by atoms with Crippen molar-refractivity contribution in [2.75, 3.05) is 13.7 Å². The zero-order valence-corrected chi connectivity index (χ0v) is 27.6. The average molecular weight is 632 g/mol. The van der Waals surface area contributed by atoms with Gasteiger partial charge in [0.2, 0.25) is 5.91 Å². The molecule has 9 heteroatoms. The zero-order valence-electron chi connectivity index (χ0n) is 26.8. The van der Waals surface area contributed by atoms with Gasteiger partial charge in [-0.05, 0) is 73.9 Å². The molecule has 2 rings (SSSR count). The molecule has 44 heavy (non-hydrogen) atoms. The van der Waals surface area contributed by atoms with Crippen molar-refractivity contribution in [1.82, 2.24) is 5.32 Å². The Balaban J connectivity index is 1.66. The summed E-state index contributed by atoms with van der Waals surface area (Å²) < 4.78 is 27.2. The zero-order chi connectivity index (χ0) is 31.9. The van der Waals surface area contributed by atoms with Crippen LogP contribution in [0.25, 0.3) is 0 Å². The van der Waals surface area contributed by atoms with Crippen LogP contribution in [0.4, 0.5) is 0 Å². The van der Waals surface area contributed by atoms with Crippen molar-refractivity contribution in [1.29, 1.82) is 0 Å². The van der Waals surface area contributed by atoms with Gasteiger partial charge in [-0.3, -0.25) is 9.32 Å². The van der Waals surface area contributed by atoms with Crippen LogP contribution in [0.15, 0.2) is 60.7 Å². The number of nitrogens with one attached hydrogen (secondary N) is 1. The SMILES string of the molecule is CCCCCCCC/C=C\CCCCCCCC(=O)N[C@H](COP(=O)(O)O)Cc1ccc(OCc2cccc(OC)c2)cc1. The van der Waals surface area contributed by atoms with Crippen LogP contribution in [-0.2, 0) is 26.9 Å². The number of ether oxygens (including phenoxy) is 2. The number of carbonyl (C=O) groups is 1. The van der Waals surface area contributed by atoms with E-state index in [0.29, 0.717) is 25.2 Å². The maximum atomic E-state index is 12.6. The highest BCUT2D eigenvalue weighted by atomic mass is 31.2. The highest BCUT2D eigenvalue weighted by Crippen LogP contribution is 2.35. The van der Waals surface area contributed by atoms with Gasteiger partial charge in [-0.2, -0.15) is 0 Å². The van der Waals surface area contributed by atoms with Crippen molar-refractivity contribution in [2.24, 2.45) is 0 Å². The molecular formula is C35H54NO7P. The van der Waals surface area contributed by atoms with E-state index in [4.69, 9.17) is 14.0 Å². The molecule has 0 saturated carbocycles. The second kappa shape index (κ2) is 22.8. The molecule has 0 unspecified atom stereocenters. The molecule has 2 aromatic rings. The van der Waals surface area contributed by atoms with Crippen LogP contribution in [0.5, 0.6) is 11.5 Å². The summed E-state index contributed by atoms with van der Waals surface area (Å²) in [6.07, 6.45) is 20.9. The van der Waals surface area contributed by atoms with Gasteiger partial charge in [0.1, 0.15) is 18.1 Å². The van der Waals surface area contributed by atoms with E-state index in [9.17, 15) is 19.1 Å². The summed E-state index contributed by atoms with van der Waals surface area (Å²) >= 11 is 0. The summed E-state index contributed by atoms with van der Waals surface area (Å²) in [7, 11) is -3.04. The van der Waals surface area contributed by atoms with E-state index in [2.05, 4.69) is 24.4 Å². The van der Waals surface area contributed by atoms with Crippen molar-refractivity contribution >= 4 is 13.7 Å². The van der Waals surface area contributed by atoms with Crippen molar-refractivity contribution in [3.8, 4) is 11.5 Å². The number of methoxy groups -OCH3 is 1. The number of benzene rings is 2. The van der Waals surface area contributed by atoms with Gasteiger partial charge in [0.05, 0.1) is 19.8 Å². The van der Waals surface area contributed by atoms with Crippen LogP contribution >= 0.6 is 7.82 Å². The smallest absolute Gasteiger partial charge is 0.469 e. The van der Waals surface area contributed by atoms with Gasteiger partial charge >= 0.3 is 7.82 Å². The summed E-state index contributed by atoms with van der Waals surface area (Å²) in [5.74, 6) is 1.32. The number of phosphoric acid groups is 1. The third kappa shape index (κ3) is 18.9. The molecular weight excluding hydrogens is 577 g/mol. The summed E-state index contributed by atoms with van der Waals surface area (Å²) in [6.45, 7) is 2.36. The molecule has 0 radical (unpaired) electrons. The molecule has 246 valence electrons. The second-order valence-electron chi connectivity index (χ2n) is 11.4. The Morgan fingerprint density at radius 2 is 1.48 bits per heavy atom. The van der Waals surface area contributed by atoms with Crippen molar-refractivity contribution < 1.29 is 33.1 Å². The standard InChI is InChI=1S/C35H54NO7P/c1-3-4-5-6-7-8-9-10-11-12-13-14-15-16-17-21-35(37)36-32(29-43-44(38,39)40)26-30-22-24-33(25-23-30)42-28-31-19-18-20-34(27-31)41-2/h10-11,18-20,22-25,27,32H,3-9,12-17,21,26,28-29H2,1-2H3,(H,36,37)(H2,38,39,40)/b11-10-/t32-/m0/s1. The quantitative estimate of drug-likeness (QED) is 0.0572. The molecule has 0 aliphatic heterocycles. The Bertz CT molecular complexity index is 1120. The fourth-order valence-corrected chi connectivity index (χ4v) is 5.30. The predicted octanol–water partition coefficient (Wildman–Crippen LogP) is 8.45. The molecule has 0 fully saturated rings. The highest BCUT2D eigenvalue weighted by molar-refractivity contribution is 7.46. The molecule has 2 aromatic carbocycles. The van der Waals surface area contributed by atoms with Crippen molar-refractivity contribution in [3.05, 3.63) is 71.8 Å². The number of hydrogen-bond donors (Lipinski definition) is 3. The van der Waals surface area contributed by atoms with Gasteiger partial charge in [-0.1, -0.05) is 94.7 Å². The molecule has 0 saturated heterocycles. The molecule has 0 bridgehead atoms. The summed E-state index contributed by atoms with van der Waals surface area (Å²) in [4.78, 5) is 31.0. The number of phosphoric ester groups is 1. The van der Waals surface area contributed by atoms with Gasteiger partial charge < -0.3 is 24.6 Å². The molecule has 1 atom stereocenters. The molecule has 0 aliphatic rings. The summed E-state index contributed by atoms with van der Waals surface area (Å²) in [6, 6.07) is 14.5. The van der Waals surface area contributed by atoms with Crippen LogP contribution in [0, 0.1) is 0 Å². The third-order valence-corrected chi connectivity index (χ3v) is 7.91. The number of unbranched alkanes of at least 4 members (excludes halogenated alkanes) is 11. The van der Waals surface area contributed by atoms with Crippen LogP contribution in [0.3, 0.4) is 0 Å². The van der Waals surface area contributed by atoms with Crippen LogP contribution in [0.2, 0.25) is 0 Å². The number of allylic oxidation sites excluding steroid dienone is 2.